The topological polar surface area (TPSA) is 33.7 Å². The summed E-state index contributed by atoms with van der Waals surface area (Å²) >= 11 is 0. The smallest absolute Gasteiger partial charge is 0.0599 e. The van der Waals surface area contributed by atoms with Crippen molar-refractivity contribution in [2.45, 2.75) is 39.2 Å². The summed E-state index contributed by atoms with van der Waals surface area (Å²) in [6.45, 7) is 12.3. The van der Waals surface area contributed by atoms with E-state index in [9.17, 15) is 0 Å². The van der Waals surface area contributed by atoms with Crippen LogP contribution in [0.3, 0.4) is 0 Å². The Kier molecular flexibility index (Phi) is 9.48. The molecule has 4 nitrogen and oxygen atoms in total. The molecule has 1 heterocycles. The summed E-state index contributed by atoms with van der Waals surface area (Å²) in [6.07, 6.45) is 3.96. The molecule has 0 aromatic rings. The zero-order chi connectivity index (χ0) is 13.1. The van der Waals surface area contributed by atoms with Crippen LogP contribution in [0.15, 0.2) is 0 Å². The quantitative estimate of drug-likeness (QED) is 0.602. The van der Waals surface area contributed by atoms with Crippen molar-refractivity contribution >= 4 is 0 Å². The molecular formula is C14H30N2O2. The lowest BCUT2D eigenvalue weighted by atomic mass is 10.1. The molecule has 0 saturated carbocycles. The molecule has 0 amide bonds. The van der Waals surface area contributed by atoms with Crippen molar-refractivity contribution in [1.29, 1.82) is 0 Å². The van der Waals surface area contributed by atoms with E-state index in [2.05, 4.69) is 17.1 Å². The molecule has 4 heteroatoms. The Morgan fingerprint density at radius 3 is 2.56 bits per heavy atom. The average molecular weight is 258 g/mol. The third-order valence-corrected chi connectivity index (χ3v) is 3.46. The molecule has 0 aromatic heterocycles. The Morgan fingerprint density at radius 1 is 1.11 bits per heavy atom. The maximum atomic E-state index is 5.91. The Bertz CT molecular complexity index is 185. The fourth-order valence-electron chi connectivity index (χ4n) is 2.27. The maximum absolute atomic E-state index is 5.91. The van der Waals surface area contributed by atoms with Crippen molar-refractivity contribution in [3.8, 4) is 0 Å². The van der Waals surface area contributed by atoms with Gasteiger partial charge in [0.05, 0.1) is 12.7 Å². The summed E-state index contributed by atoms with van der Waals surface area (Å²) in [5.74, 6) is 0. The van der Waals surface area contributed by atoms with E-state index in [4.69, 9.17) is 9.47 Å². The second-order valence-corrected chi connectivity index (χ2v) is 4.80. The number of likely N-dealkylation sites (N-methyl/N-ethyl adjacent to an activating group) is 1. The van der Waals surface area contributed by atoms with Crippen LogP contribution in [0.2, 0.25) is 0 Å². The predicted octanol–water partition coefficient (Wildman–Crippen LogP) is 1.50. The molecule has 18 heavy (non-hydrogen) atoms. The van der Waals surface area contributed by atoms with E-state index in [1.165, 1.54) is 12.8 Å². The second kappa shape index (κ2) is 10.7. The normalized spacial score (nSPS) is 17.5. The van der Waals surface area contributed by atoms with Crippen LogP contribution in [0.25, 0.3) is 0 Å². The van der Waals surface area contributed by atoms with E-state index in [0.717, 1.165) is 59.0 Å². The van der Waals surface area contributed by atoms with E-state index < -0.39 is 0 Å². The number of hydrogen-bond donors (Lipinski definition) is 1. The van der Waals surface area contributed by atoms with Gasteiger partial charge >= 0.3 is 0 Å². The molecule has 0 atom stereocenters. The van der Waals surface area contributed by atoms with Crippen LogP contribution >= 0.6 is 0 Å². The van der Waals surface area contributed by atoms with Crippen LogP contribution in [0.4, 0.5) is 0 Å². The molecule has 0 radical (unpaired) electrons. The van der Waals surface area contributed by atoms with Crippen LogP contribution in [-0.4, -0.2) is 63.5 Å². The lowest BCUT2D eigenvalue weighted by Crippen LogP contribution is -2.33. The monoisotopic (exact) mass is 258 g/mol. The lowest BCUT2D eigenvalue weighted by Gasteiger charge is -2.24. The van der Waals surface area contributed by atoms with Crippen molar-refractivity contribution in [3.05, 3.63) is 0 Å². The predicted molar refractivity (Wildman–Crippen MR) is 75.1 cm³/mol. The van der Waals surface area contributed by atoms with Crippen molar-refractivity contribution in [2.75, 3.05) is 52.5 Å². The van der Waals surface area contributed by atoms with Gasteiger partial charge in [-0.15, -0.1) is 0 Å². The van der Waals surface area contributed by atoms with Gasteiger partial charge in [0.1, 0.15) is 0 Å². The highest BCUT2D eigenvalue weighted by molar-refractivity contribution is 4.68. The number of nitrogens with zero attached hydrogens (tertiary/aromatic N) is 1. The van der Waals surface area contributed by atoms with Crippen LogP contribution in [0, 0.1) is 0 Å². The number of piperidine rings is 1. The van der Waals surface area contributed by atoms with Gasteiger partial charge in [0, 0.05) is 26.3 Å². The summed E-state index contributed by atoms with van der Waals surface area (Å²) in [5, 5.41) is 3.36. The Balaban J connectivity index is 1.96. The Labute approximate surface area is 112 Å². The van der Waals surface area contributed by atoms with E-state index in [0.29, 0.717) is 6.10 Å². The molecule has 1 N–H and O–H groups in total. The molecular weight excluding hydrogens is 228 g/mol. The summed E-state index contributed by atoms with van der Waals surface area (Å²) in [4.78, 5) is 2.43. The van der Waals surface area contributed by atoms with Gasteiger partial charge in [-0.05, 0) is 45.8 Å². The first kappa shape index (κ1) is 15.9. The first-order valence-corrected chi connectivity index (χ1v) is 7.49. The summed E-state index contributed by atoms with van der Waals surface area (Å²) in [7, 11) is 0. The first-order chi connectivity index (χ1) is 8.86. The highest BCUT2D eigenvalue weighted by Crippen LogP contribution is 2.07. The minimum absolute atomic E-state index is 0.491. The third kappa shape index (κ3) is 7.31. The summed E-state index contributed by atoms with van der Waals surface area (Å²) < 4.78 is 11.3. The number of nitrogens with one attached hydrogen (secondary N) is 1. The van der Waals surface area contributed by atoms with E-state index in [-0.39, 0.29) is 0 Å². The number of rotatable bonds is 10. The molecule has 1 aliphatic rings. The first-order valence-electron chi connectivity index (χ1n) is 7.49. The molecule has 0 spiro atoms. The number of ether oxygens (including phenoxy) is 2. The van der Waals surface area contributed by atoms with Gasteiger partial charge < -0.3 is 19.7 Å². The van der Waals surface area contributed by atoms with Gasteiger partial charge in [-0.3, -0.25) is 0 Å². The fourth-order valence-corrected chi connectivity index (χ4v) is 2.27. The maximum Gasteiger partial charge on any atom is 0.0599 e. The second-order valence-electron chi connectivity index (χ2n) is 4.80. The minimum atomic E-state index is 0.491. The van der Waals surface area contributed by atoms with Crippen LogP contribution in [-0.2, 0) is 9.47 Å². The molecule has 0 aliphatic carbocycles. The van der Waals surface area contributed by atoms with Gasteiger partial charge in [0.2, 0.25) is 0 Å². The highest BCUT2D eigenvalue weighted by Gasteiger charge is 2.12. The largest absolute Gasteiger partial charge is 0.380 e. The lowest BCUT2D eigenvalue weighted by molar-refractivity contribution is 0.0265. The SMILES string of the molecule is CCOCCN(CC)CCCOC1CCNCC1. The third-order valence-electron chi connectivity index (χ3n) is 3.46. The van der Waals surface area contributed by atoms with Gasteiger partial charge in [0.25, 0.3) is 0 Å². The fraction of sp³-hybridized carbons (Fsp3) is 1.00. The van der Waals surface area contributed by atoms with Crippen LogP contribution < -0.4 is 5.32 Å². The van der Waals surface area contributed by atoms with Crippen molar-refractivity contribution in [2.24, 2.45) is 0 Å². The van der Waals surface area contributed by atoms with Crippen molar-refractivity contribution in [1.82, 2.24) is 10.2 Å². The zero-order valence-electron chi connectivity index (χ0n) is 12.1. The minimum Gasteiger partial charge on any atom is -0.380 e. The Hall–Kier alpha value is -0.160. The highest BCUT2D eigenvalue weighted by atomic mass is 16.5. The Morgan fingerprint density at radius 2 is 1.89 bits per heavy atom. The average Bonchev–Trinajstić information content (AvgIpc) is 2.43. The summed E-state index contributed by atoms with van der Waals surface area (Å²) in [5.41, 5.74) is 0. The standard InChI is InChI=1S/C14H30N2O2/c1-3-16(11-13-17-4-2)10-5-12-18-14-6-8-15-9-7-14/h14-15H,3-13H2,1-2H3. The van der Waals surface area contributed by atoms with Crippen LogP contribution in [0.5, 0.6) is 0 Å². The summed E-state index contributed by atoms with van der Waals surface area (Å²) in [6, 6.07) is 0. The molecule has 0 unspecified atom stereocenters. The molecule has 0 bridgehead atoms. The molecule has 1 rings (SSSR count). The van der Waals surface area contributed by atoms with Crippen molar-refractivity contribution < 1.29 is 9.47 Å². The molecule has 108 valence electrons. The van der Waals surface area contributed by atoms with Gasteiger partial charge in [-0.25, -0.2) is 0 Å². The van der Waals surface area contributed by atoms with Crippen molar-refractivity contribution in [3.63, 3.8) is 0 Å². The van der Waals surface area contributed by atoms with E-state index >= 15 is 0 Å². The zero-order valence-corrected chi connectivity index (χ0v) is 12.1. The van der Waals surface area contributed by atoms with Gasteiger partial charge in [-0.1, -0.05) is 6.92 Å². The van der Waals surface area contributed by atoms with E-state index in [1.54, 1.807) is 0 Å². The van der Waals surface area contributed by atoms with Crippen LogP contribution in [0.1, 0.15) is 33.1 Å². The molecule has 1 fully saturated rings. The number of hydrogen-bond acceptors (Lipinski definition) is 4. The van der Waals surface area contributed by atoms with Gasteiger partial charge in [0.15, 0.2) is 0 Å². The van der Waals surface area contributed by atoms with E-state index in [1.807, 2.05) is 6.92 Å². The molecule has 0 aromatic carbocycles. The van der Waals surface area contributed by atoms with Gasteiger partial charge in [-0.2, -0.15) is 0 Å². The molecule has 1 saturated heterocycles. The molecule has 1 aliphatic heterocycles.